The Morgan fingerprint density at radius 2 is 2.19 bits per heavy atom. The van der Waals surface area contributed by atoms with Crippen LogP contribution in [0.25, 0.3) is 0 Å². The molecule has 16 heavy (non-hydrogen) atoms. The fraction of sp³-hybridized carbons (Fsp3) is 0. The minimum Gasteiger partial charge on any atom is -0.282 e. The molecule has 2 aromatic rings. The second-order valence-electron chi connectivity index (χ2n) is 2.76. The first-order chi connectivity index (χ1) is 7.84. The molecule has 2 amide bonds. The van der Waals surface area contributed by atoms with Gasteiger partial charge in [-0.25, -0.2) is 20.2 Å². The predicted molar refractivity (Wildman–Crippen MR) is 62.1 cm³/mol. The van der Waals surface area contributed by atoms with Crippen LogP contribution in [0.4, 0.5) is 15.7 Å². The summed E-state index contributed by atoms with van der Waals surface area (Å²) in [5.74, 6) is 0.566. The Hall–Kier alpha value is -2.15. The highest BCUT2D eigenvalue weighted by Gasteiger charge is 2.02. The Labute approximate surface area is 95.7 Å². The zero-order valence-corrected chi connectivity index (χ0v) is 8.99. The molecule has 0 saturated heterocycles. The average molecular weight is 235 g/mol. The summed E-state index contributed by atoms with van der Waals surface area (Å²) < 4.78 is 0. The molecule has 0 atom stereocenters. The van der Waals surface area contributed by atoms with Crippen LogP contribution in [0.5, 0.6) is 0 Å². The van der Waals surface area contributed by atoms with E-state index in [1.165, 1.54) is 11.3 Å². The van der Waals surface area contributed by atoms with Crippen LogP contribution in [0.1, 0.15) is 0 Å². The van der Waals surface area contributed by atoms with Crippen LogP contribution in [0.3, 0.4) is 0 Å². The van der Waals surface area contributed by atoms with Gasteiger partial charge in [0, 0.05) is 17.8 Å². The highest BCUT2D eigenvalue weighted by atomic mass is 32.1. The van der Waals surface area contributed by atoms with Crippen LogP contribution in [0.15, 0.2) is 36.0 Å². The van der Waals surface area contributed by atoms with Gasteiger partial charge in [-0.2, -0.15) is 0 Å². The molecule has 7 heteroatoms. The first kappa shape index (κ1) is 10.4. The van der Waals surface area contributed by atoms with Gasteiger partial charge in [0.05, 0.1) is 0 Å². The number of rotatable bonds is 3. The maximum atomic E-state index is 11.3. The lowest BCUT2D eigenvalue weighted by atomic mass is 10.5. The molecule has 0 aromatic carbocycles. The number of urea groups is 1. The van der Waals surface area contributed by atoms with E-state index in [0.717, 1.165) is 0 Å². The lowest BCUT2D eigenvalue weighted by Gasteiger charge is -2.06. The number of carbonyl (C=O) groups excluding carboxylic acids is 1. The van der Waals surface area contributed by atoms with Crippen molar-refractivity contribution in [2.75, 3.05) is 10.7 Å². The molecule has 0 bridgehead atoms. The van der Waals surface area contributed by atoms with Crippen LogP contribution in [-0.4, -0.2) is 16.0 Å². The zero-order valence-electron chi connectivity index (χ0n) is 8.18. The minimum atomic E-state index is -0.388. The third kappa shape index (κ3) is 2.92. The van der Waals surface area contributed by atoms with E-state index in [-0.39, 0.29) is 6.03 Å². The van der Waals surface area contributed by atoms with Gasteiger partial charge in [-0.05, 0) is 12.1 Å². The van der Waals surface area contributed by atoms with E-state index in [1.807, 2.05) is 6.07 Å². The average Bonchev–Trinajstić information content (AvgIpc) is 2.81. The lowest BCUT2D eigenvalue weighted by molar-refractivity contribution is 0.254. The number of nitrogens with zero attached hydrogens (tertiary/aromatic N) is 2. The van der Waals surface area contributed by atoms with Gasteiger partial charge in [-0.1, -0.05) is 6.07 Å². The van der Waals surface area contributed by atoms with E-state index in [0.29, 0.717) is 10.9 Å². The normalized spacial score (nSPS) is 9.50. The molecule has 0 aliphatic carbocycles. The van der Waals surface area contributed by atoms with Gasteiger partial charge in [0.25, 0.3) is 0 Å². The Balaban J connectivity index is 1.80. The third-order valence-corrected chi connectivity index (χ3v) is 2.31. The number of thiazole rings is 1. The maximum Gasteiger partial charge on any atom is 0.339 e. The summed E-state index contributed by atoms with van der Waals surface area (Å²) in [6.07, 6.45) is 3.25. The van der Waals surface area contributed by atoms with Crippen molar-refractivity contribution in [1.82, 2.24) is 15.4 Å². The quantitative estimate of drug-likeness (QED) is 0.707. The molecule has 2 heterocycles. The van der Waals surface area contributed by atoms with Gasteiger partial charge in [0.2, 0.25) is 0 Å². The molecule has 3 N–H and O–H groups in total. The lowest BCUT2D eigenvalue weighted by Crippen LogP contribution is -2.33. The van der Waals surface area contributed by atoms with Gasteiger partial charge in [0.15, 0.2) is 5.13 Å². The van der Waals surface area contributed by atoms with Crippen LogP contribution in [-0.2, 0) is 0 Å². The Bertz CT molecular complexity index is 444. The molecule has 6 nitrogen and oxygen atoms in total. The third-order valence-electron chi connectivity index (χ3n) is 1.62. The number of hydrogen-bond acceptors (Lipinski definition) is 5. The number of pyridine rings is 1. The summed E-state index contributed by atoms with van der Waals surface area (Å²) in [7, 11) is 0. The van der Waals surface area contributed by atoms with Crippen LogP contribution < -0.4 is 16.2 Å². The fourth-order valence-electron chi connectivity index (χ4n) is 0.971. The van der Waals surface area contributed by atoms with Gasteiger partial charge in [0.1, 0.15) is 5.82 Å². The number of amides is 2. The van der Waals surface area contributed by atoms with E-state index < -0.39 is 0 Å². The molecule has 0 aliphatic heterocycles. The Kier molecular flexibility index (Phi) is 3.29. The SMILES string of the molecule is O=C(NNc1ccccn1)Nc1nccs1. The molecule has 0 unspecified atom stereocenters. The van der Waals surface area contributed by atoms with Crippen molar-refractivity contribution < 1.29 is 4.79 Å². The summed E-state index contributed by atoms with van der Waals surface area (Å²) in [6, 6.07) is 4.96. The monoisotopic (exact) mass is 235 g/mol. The maximum absolute atomic E-state index is 11.3. The van der Waals surface area contributed by atoms with Crippen LogP contribution in [0.2, 0.25) is 0 Å². The van der Waals surface area contributed by atoms with E-state index in [2.05, 4.69) is 26.1 Å². The molecule has 2 rings (SSSR count). The van der Waals surface area contributed by atoms with Crippen molar-refractivity contribution in [3.63, 3.8) is 0 Å². The predicted octanol–water partition coefficient (Wildman–Crippen LogP) is 1.69. The molecule has 82 valence electrons. The van der Waals surface area contributed by atoms with Crippen LogP contribution in [0, 0.1) is 0 Å². The van der Waals surface area contributed by atoms with E-state index in [1.54, 1.807) is 29.9 Å². The van der Waals surface area contributed by atoms with Crippen molar-refractivity contribution in [1.29, 1.82) is 0 Å². The largest absolute Gasteiger partial charge is 0.339 e. The zero-order chi connectivity index (χ0) is 11.2. The topological polar surface area (TPSA) is 78.9 Å². The van der Waals surface area contributed by atoms with E-state index >= 15 is 0 Å². The number of hydrogen-bond donors (Lipinski definition) is 3. The molecule has 0 radical (unpaired) electrons. The smallest absolute Gasteiger partial charge is 0.282 e. The number of nitrogens with one attached hydrogen (secondary N) is 3. The van der Waals surface area contributed by atoms with Gasteiger partial charge >= 0.3 is 6.03 Å². The van der Waals surface area contributed by atoms with Gasteiger partial charge in [-0.15, -0.1) is 11.3 Å². The molecule has 0 saturated carbocycles. The second-order valence-corrected chi connectivity index (χ2v) is 3.65. The van der Waals surface area contributed by atoms with E-state index in [9.17, 15) is 4.79 Å². The summed E-state index contributed by atoms with van der Waals surface area (Å²) in [5.41, 5.74) is 5.10. The van der Waals surface area contributed by atoms with Crippen molar-refractivity contribution in [3.05, 3.63) is 36.0 Å². The first-order valence-electron chi connectivity index (χ1n) is 4.48. The van der Waals surface area contributed by atoms with Crippen LogP contribution >= 0.6 is 11.3 Å². The minimum absolute atomic E-state index is 0.388. The molecule has 2 aromatic heterocycles. The number of anilines is 2. The number of carbonyl (C=O) groups is 1. The highest BCUT2D eigenvalue weighted by molar-refractivity contribution is 7.13. The van der Waals surface area contributed by atoms with Crippen molar-refractivity contribution in [3.8, 4) is 0 Å². The summed E-state index contributed by atoms with van der Waals surface area (Å²) in [6.45, 7) is 0. The fourth-order valence-corrected chi connectivity index (χ4v) is 1.49. The Morgan fingerprint density at radius 3 is 2.88 bits per heavy atom. The van der Waals surface area contributed by atoms with Gasteiger partial charge < -0.3 is 0 Å². The van der Waals surface area contributed by atoms with Crippen molar-refractivity contribution in [2.45, 2.75) is 0 Å². The van der Waals surface area contributed by atoms with Gasteiger partial charge in [-0.3, -0.25) is 10.7 Å². The molecular weight excluding hydrogens is 226 g/mol. The van der Waals surface area contributed by atoms with Crippen molar-refractivity contribution >= 4 is 28.3 Å². The molecule has 0 aliphatic rings. The Morgan fingerprint density at radius 1 is 1.25 bits per heavy atom. The number of aromatic nitrogens is 2. The van der Waals surface area contributed by atoms with Crippen molar-refractivity contribution in [2.24, 2.45) is 0 Å². The molecule has 0 fully saturated rings. The molecule has 0 spiro atoms. The highest BCUT2D eigenvalue weighted by Crippen LogP contribution is 2.09. The summed E-state index contributed by atoms with van der Waals surface area (Å²) >= 11 is 1.35. The molecular formula is C9H9N5OS. The summed E-state index contributed by atoms with van der Waals surface area (Å²) in [5, 5.41) is 4.88. The summed E-state index contributed by atoms with van der Waals surface area (Å²) in [4.78, 5) is 19.2. The first-order valence-corrected chi connectivity index (χ1v) is 5.36. The standard InChI is InChI=1S/C9H9N5OS/c15-8(12-9-11-5-6-16-9)14-13-7-3-1-2-4-10-7/h1-6H,(H,10,13)(H2,11,12,14,15). The number of hydrazine groups is 1. The second kappa shape index (κ2) is 5.08. The van der Waals surface area contributed by atoms with E-state index in [4.69, 9.17) is 0 Å².